The Kier molecular flexibility index (Phi) is 4.37. The minimum Gasteiger partial charge on any atom is -0.369 e. The lowest BCUT2D eigenvalue weighted by Crippen LogP contribution is -2.53. The zero-order valence-corrected chi connectivity index (χ0v) is 13.9. The molecular formula is C16H22N6O2. The number of nitrogens with one attached hydrogen (secondary N) is 1. The van der Waals surface area contributed by atoms with Crippen LogP contribution in [-0.2, 0) is 9.59 Å². The number of primary amides is 1. The van der Waals surface area contributed by atoms with E-state index < -0.39 is 5.91 Å². The van der Waals surface area contributed by atoms with Gasteiger partial charge in [0.2, 0.25) is 11.8 Å². The van der Waals surface area contributed by atoms with Crippen LogP contribution in [0.1, 0.15) is 19.8 Å². The van der Waals surface area contributed by atoms with E-state index in [2.05, 4.69) is 26.8 Å². The van der Waals surface area contributed by atoms with Crippen LogP contribution in [0.3, 0.4) is 0 Å². The van der Waals surface area contributed by atoms with Crippen LogP contribution in [0.2, 0.25) is 0 Å². The van der Waals surface area contributed by atoms with Gasteiger partial charge in [0.1, 0.15) is 24.2 Å². The predicted molar refractivity (Wildman–Crippen MR) is 90.3 cm³/mol. The highest BCUT2D eigenvalue weighted by atomic mass is 16.2. The average Bonchev–Trinajstić information content (AvgIpc) is 3.02. The van der Waals surface area contributed by atoms with E-state index >= 15 is 0 Å². The number of rotatable bonds is 4. The van der Waals surface area contributed by atoms with Gasteiger partial charge in [-0.15, -0.1) is 0 Å². The van der Waals surface area contributed by atoms with Gasteiger partial charge in [-0.1, -0.05) is 6.92 Å². The van der Waals surface area contributed by atoms with E-state index in [1.54, 1.807) is 18.3 Å². The van der Waals surface area contributed by atoms with Crippen LogP contribution in [0.15, 0.2) is 18.6 Å². The van der Waals surface area contributed by atoms with Crippen LogP contribution in [0.25, 0.3) is 11.0 Å². The van der Waals surface area contributed by atoms with Crippen molar-refractivity contribution in [2.45, 2.75) is 25.8 Å². The highest BCUT2D eigenvalue weighted by Crippen LogP contribution is 2.28. The molecule has 3 N–H and O–H groups in total. The number of anilines is 1. The highest BCUT2D eigenvalue weighted by molar-refractivity contribution is 5.96. The van der Waals surface area contributed by atoms with Gasteiger partial charge < -0.3 is 20.5 Å². The molecule has 24 heavy (non-hydrogen) atoms. The summed E-state index contributed by atoms with van der Waals surface area (Å²) in [5, 5.41) is 0.969. The number of H-pyrrole nitrogens is 1. The quantitative estimate of drug-likeness (QED) is 0.794. The maximum atomic E-state index is 12.2. The maximum Gasteiger partial charge on any atom is 0.232 e. The molecule has 8 heteroatoms. The lowest BCUT2D eigenvalue weighted by Gasteiger charge is -2.42. The van der Waals surface area contributed by atoms with Crippen LogP contribution < -0.4 is 10.6 Å². The molecule has 8 nitrogen and oxygen atoms in total. The first-order valence-corrected chi connectivity index (χ1v) is 8.04. The number of aromatic nitrogens is 3. The summed E-state index contributed by atoms with van der Waals surface area (Å²) in [5.74, 6) is 0.369. The largest absolute Gasteiger partial charge is 0.369 e. The lowest BCUT2D eigenvalue weighted by molar-refractivity contribution is -0.136. The Hall–Kier alpha value is -2.64. The third kappa shape index (κ3) is 3.04. The highest BCUT2D eigenvalue weighted by Gasteiger charge is 2.32. The molecule has 1 saturated heterocycles. The van der Waals surface area contributed by atoms with Gasteiger partial charge in [0.05, 0.1) is 11.4 Å². The summed E-state index contributed by atoms with van der Waals surface area (Å²) in [6.45, 7) is 3.66. The number of carbonyl (C=O) groups excluding carboxylic acids is 2. The van der Waals surface area contributed by atoms with E-state index in [0.29, 0.717) is 12.5 Å². The summed E-state index contributed by atoms with van der Waals surface area (Å²) in [7, 11) is 1.74. The predicted octanol–water partition coefficient (Wildman–Crippen LogP) is 0.507. The number of aromatic amines is 1. The Morgan fingerprint density at radius 3 is 3.00 bits per heavy atom. The summed E-state index contributed by atoms with van der Waals surface area (Å²) in [4.78, 5) is 38.8. The molecule has 3 heterocycles. The molecule has 0 aliphatic carbocycles. The van der Waals surface area contributed by atoms with E-state index in [9.17, 15) is 9.59 Å². The molecule has 0 spiro atoms. The van der Waals surface area contributed by atoms with E-state index in [4.69, 9.17) is 5.73 Å². The molecule has 2 atom stereocenters. The van der Waals surface area contributed by atoms with Crippen molar-refractivity contribution in [1.82, 2.24) is 19.9 Å². The SMILES string of the molecule is C[C@@H]1CCN(c2ncnc3[nH]ccc23)C[C@@H]1N(C)C(=O)CC(N)=O. The van der Waals surface area contributed by atoms with Crippen LogP contribution in [0.5, 0.6) is 0 Å². The average molecular weight is 330 g/mol. The third-order valence-corrected chi connectivity index (χ3v) is 4.77. The van der Waals surface area contributed by atoms with Crippen LogP contribution in [-0.4, -0.2) is 57.8 Å². The van der Waals surface area contributed by atoms with Crippen LogP contribution in [0, 0.1) is 5.92 Å². The van der Waals surface area contributed by atoms with Gasteiger partial charge in [-0.25, -0.2) is 9.97 Å². The molecule has 1 fully saturated rings. The number of carbonyl (C=O) groups is 2. The molecule has 1 aliphatic heterocycles. The van der Waals surface area contributed by atoms with E-state index in [0.717, 1.165) is 29.8 Å². The van der Waals surface area contributed by atoms with Crippen molar-refractivity contribution < 1.29 is 9.59 Å². The van der Waals surface area contributed by atoms with Crippen molar-refractivity contribution >= 4 is 28.7 Å². The Bertz CT molecular complexity index is 758. The fraction of sp³-hybridized carbons (Fsp3) is 0.500. The fourth-order valence-corrected chi connectivity index (χ4v) is 3.31. The maximum absolute atomic E-state index is 12.2. The summed E-state index contributed by atoms with van der Waals surface area (Å²) in [5.41, 5.74) is 5.95. The number of hydrogen-bond acceptors (Lipinski definition) is 5. The molecule has 2 amide bonds. The van der Waals surface area contributed by atoms with Gasteiger partial charge in [-0.2, -0.15) is 0 Å². The van der Waals surface area contributed by atoms with Crippen LogP contribution in [0.4, 0.5) is 5.82 Å². The topological polar surface area (TPSA) is 108 Å². The molecular weight excluding hydrogens is 308 g/mol. The number of amides is 2. The first kappa shape index (κ1) is 16.2. The molecule has 0 radical (unpaired) electrons. The summed E-state index contributed by atoms with van der Waals surface area (Å²) >= 11 is 0. The number of fused-ring (bicyclic) bond motifs is 1. The van der Waals surface area contributed by atoms with Gasteiger partial charge in [-0.05, 0) is 18.4 Å². The molecule has 0 saturated carbocycles. The van der Waals surface area contributed by atoms with Gasteiger partial charge in [-0.3, -0.25) is 9.59 Å². The number of nitrogens with zero attached hydrogens (tertiary/aromatic N) is 4. The molecule has 2 aromatic rings. The van der Waals surface area contributed by atoms with Gasteiger partial charge in [0, 0.05) is 26.3 Å². The molecule has 3 rings (SSSR count). The minimum absolute atomic E-state index is 0.00885. The standard InChI is InChI=1S/C16H22N6O2/c1-10-4-6-22(8-12(10)21(2)14(24)7-13(17)23)16-11-3-5-18-15(11)19-9-20-16/h3,5,9-10,12H,4,6-8H2,1-2H3,(H2,17,23)(H,18,19,20)/t10-,12+/m1/s1. The zero-order valence-electron chi connectivity index (χ0n) is 13.9. The molecule has 128 valence electrons. The van der Waals surface area contributed by atoms with Crippen molar-refractivity contribution in [2.75, 3.05) is 25.0 Å². The zero-order chi connectivity index (χ0) is 17.3. The van der Waals surface area contributed by atoms with Gasteiger partial charge in [0.15, 0.2) is 0 Å². The number of hydrogen-bond donors (Lipinski definition) is 2. The third-order valence-electron chi connectivity index (χ3n) is 4.77. The fourth-order valence-electron chi connectivity index (χ4n) is 3.31. The Balaban J connectivity index is 1.81. The van der Waals surface area contributed by atoms with Crippen molar-refractivity contribution in [3.63, 3.8) is 0 Å². The summed E-state index contributed by atoms with van der Waals surface area (Å²) < 4.78 is 0. The molecule has 0 aromatic carbocycles. The first-order chi connectivity index (χ1) is 11.5. The summed E-state index contributed by atoms with van der Waals surface area (Å²) in [6, 6.07) is 1.97. The molecule has 1 aliphatic rings. The second-order valence-corrected chi connectivity index (χ2v) is 6.36. The minimum atomic E-state index is -0.600. The second kappa shape index (κ2) is 6.46. The van der Waals surface area contributed by atoms with E-state index in [1.807, 2.05) is 12.3 Å². The number of piperidine rings is 1. The summed E-state index contributed by atoms with van der Waals surface area (Å²) in [6.07, 6.45) is 4.07. The normalized spacial score (nSPS) is 21.0. The van der Waals surface area contributed by atoms with Crippen LogP contribution >= 0.6 is 0 Å². The molecule has 0 unspecified atom stereocenters. The Morgan fingerprint density at radius 2 is 2.25 bits per heavy atom. The lowest BCUT2D eigenvalue weighted by atomic mass is 9.92. The monoisotopic (exact) mass is 330 g/mol. The van der Waals surface area contributed by atoms with Crippen molar-refractivity contribution in [3.8, 4) is 0 Å². The van der Waals surface area contributed by atoms with E-state index in [-0.39, 0.29) is 18.4 Å². The van der Waals surface area contributed by atoms with Crippen molar-refractivity contribution in [1.29, 1.82) is 0 Å². The molecule has 0 bridgehead atoms. The van der Waals surface area contributed by atoms with E-state index in [1.165, 1.54) is 0 Å². The smallest absolute Gasteiger partial charge is 0.232 e. The van der Waals surface area contributed by atoms with Gasteiger partial charge in [0.25, 0.3) is 0 Å². The first-order valence-electron chi connectivity index (χ1n) is 8.04. The Labute approximate surface area is 140 Å². The molecule has 2 aromatic heterocycles. The number of likely N-dealkylation sites (N-methyl/N-ethyl adjacent to an activating group) is 1. The number of nitrogens with two attached hydrogens (primary N) is 1. The van der Waals surface area contributed by atoms with Crippen molar-refractivity contribution in [3.05, 3.63) is 18.6 Å². The van der Waals surface area contributed by atoms with Crippen molar-refractivity contribution in [2.24, 2.45) is 11.7 Å². The Morgan fingerprint density at radius 1 is 1.46 bits per heavy atom. The van der Waals surface area contributed by atoms with Gasteiger partial charge >= 0.3 is 0 Å². The second-order valence-electron chi connectivity index (χ2n) is 6.36.